The van der Waals surface area contributed by atoms with E-state index < -0.39 is 18.6 Å². The Morgan fingerprint density at radius 2 is 1.82 bits per heavy atom. The zero-order valence-corrected chi connectivity index (χ0v) is 8.02. The molecule has 0 rings (SSSR count). The number of aliphatic hydroxyl groups is 1. The van der Waals surface area contributed by atoms with Crippen molar-refractivity contribution in [1.29, 1.82) is 0 Å². The van der Waals surface area contributed by atoms with Crippen LogP contribution in [-0.2, 0) is 25.3 Å². The van der Waals surface area contributed by atoms with Crippen LogP contribution in [0.5, 0.6) is 0 Å². The third-order valence-electron chi connectivity index (χ3n) is 1.28. The van der Waals surface area contributed by atoms with Crippen LogP contribution in [0, 0.1) is 0 Å². The molecule has 2 N–H and O–H groups in total. The first kappa shape index (κ1) is 11.4. The van der Waals surface area contributed by atoms with Crippen molar-refractivity contribution in [1.82, 2.24) is 0 Å². The predicted octanol–water partition coefficient (Wildman–Crippen LogP) is 0.342. The number of hydrogen-bond donors (Lipinski definition) is 2. The van der Waals surface area contributed by atoms with Crippen LogP contribution in [-0.4, -0.2) is 22.0 Å². The van der Waals surface area contributed by atoms with E-state index >= 15 is 0 Å². The first-order valence-electron chi connectivity index (χ1n) is 3.74. The van der Waals surface area contributed by atoms with E-state index in [-0.39, 0.29) is 6.61 Å². The van der Waals surface area contributed by atoms with Gasteiger partial charge in [-0.25, -0.2) is 0 Å². The maximum atomic E-state index is 10.1. The van der Waals surface area contributed by atoms with E-state index in [1.54, 1.807) is 0 Å². The molecule has 66 valence electrons. The average molecular weight is 198 g/mol. The van der Waals surface area contributed by atoms with Gasteiger partial charge in [0.1, 0.15) is 0 Å². The zero-order valence-electron chi connectivity index (χ0n) is 6.45. The van der Waals surface area contributed by atoms with Crippen molar-refractivity contribution in [2.24, 2.45) is 0 Å². The van der Waals surface area contributed by atoms with E-state index in [4.69, 9.17) is 8.79 Å². The number of hydrogen-bond acceptors (Lipinski definition) is 3. The molecule has 0 saturated heterocycles. The summed E-state index contributed by atoms with van der Waals surface area (Å²) in [5.41, 5.74) is 0. The maximum absolute atomic E-state index is 10.1. The number of rotatable bonds is 7. The van der Waals surface area contributed by atoms with Gasteiger partial charge in [-0.1, -0.05) is 0 Å². The molecule has 0 unspecified atom stereocenters. The second-order valence-electron chi connectivity index (χ2n) is 2.25. The van der Waals surface area contributed by atoms with Gasteiger partial charge in [0.2, 0.25) is 0 Å². The molecule has 0 aromatic carbocycles. The first-order chi connectivity index (χ1) is 5.27. The Hall–Kier alpha value is 0.394. The molecule has 5 heteroatoms. The first-order valence-corrected chi connectivity index (χ1v) is 5.71. The summed E-state index contributed by atoms with van der Waals surface area (Å²) >= 11 is -3.26. The van der Waals surface area contributed by atoms with E-state index in [2.05, 4.69) is 3.32 Å². The van der Waals surface area contributed by atoms with Crippen molar-refractivity contribution < 1.29 is 34.1 Å². The van der Waals surface area contributed by atoms with Crippen LogP contribution in [0.3, 0.4) is 0 Å². The number of aliphatic hydroxyl groups excluding tert-OH is 1. The molecule has 0 aromatic heterocycles. The Morgan fingerprint density at radius 1 is 1.18 bits per heavy atom. The molecule has 0 atom stereocenters. The summed E-state index contributed by atoms with van der Waals surface area (Å²) in [6, 6.07) is 0. The van der Waals surface area contributed by atoms with Gasteiger partial charge in [0.05, 0.1) is 0 Å². The van der Waals surface area contributed by atoms with Gasteiger partial charge < -0.3 is 0 Å². The summed E-state index contributed by atoms with van der Waals surface area (Å²) in [4.78, 5) is 0. The third-order valence-corrected chi connectivity index (χ3v) is 1.98. The molecule has 0 aromatic rings. The normalized spacial score (nSPS) is 10.0. The molecule has 4 nitrogen and oxygen atoms in total. The van der Waals surface area contributed by atoms with Crippen LogP contribution in [0.1, 0.15) is 25.7 Å². The molecule has 0 radical (unpaired) electrons. The number of unbranched alkanes of at least 4 members (excludes halogenated alkanes) is 3. The predicted molar refractivity (Wildman–Crippen MR) is 34.4 cm³/mol. The topological polar surface area (TPSA) is 66.8 Å². The molecule has 0 heterocycles. The van der Waals surface area contributed by atoms with Crippen molar-refractivity contribution in [3.63, 3.8) is 0 Å². The minimum absolute atomic E-state index is 0.224. The van der Waals surface area contributed by atoms with Crippen molar-refractivity contribution in [2.45, 2.75) is 25.7 Å². The fourth-order valence-corrected chi connectivity index (χ4v) is 1.22. The molecule has 0 aliphatic rings. The molecule has 0 bridgehead atoms. The van der Waals surface area contributed by atoms with Crippen LogP contribution in [0.4, 0.5) is 0 Å². The van der Waals surface area contributed by atoms with E-state index in [9.17, 15) is 3.32 Å². The molecule has 0 spiro atoms. The summed E-state index contributed by atoms with van der Waals surface area (Å²) in [5.74, 6) is 0. The Morgan fingerprint density at radius 3 is 2.36 bits per heavy atom. The zero-order chi connectivity index (χ0) is 8.53. The van der Waals surface area contributed by atoms with E-state index in [1.807, 2.05) is 0 Å². The van der Waals surface area contributed by atoms with Crippen LogP contribution < -0.4 is 0 Å². The van der Waals surface area contributed by atoms with Gasteiger partial charge in [0, 0.05) is 0 Å². The van der Waals surface area contributed by atoms with Crippen molar-refractivity contribution in [2.75, 3.05) is 13.2 Å². The minimum atomic E-state index is -3.26. The van der Waals surface area contributed by atoms with Gasteiger partial charge in [0.15, 0.2) is 0 Å². The van der Waals surface area contributed by atoms with Crippen molar-refractivity contribution in [3.8, 4) is 0 Å². The van der Waals surface area contributed by atoms with Crippen LogP contribution in [0.25, 0.3) is 0 Å². The van der Waals surface area contributed by atoms with Crippen LogP contribution in [0.2, 0.25) is 0 Å². The van der Waals surface area contributed by atoms with Crippen molar-refractivity contribution >= 4 is 0 Å². The molecular formula is C6H14O4Ti. The summed E-state index contributed by atoms with van der Waals surface area (Å²) in [5, 5.41) is 8.40. The molecule has 0 saturated carbocycles. The molecule has 11 heavy (non-hydrogen) atoms. The van der Waals surface area contributed by atoms with Gasteiger partial charge in [-0.3, -0.25) is 0 Å². The SMILES string of the molecule is [O]=[Ti]([OH])[O]CCCCCCO. The van der Waals surface area contributed by atoms with E-state index in [0.717, 1.165) is 25.7 Å². The summed E-state index contributed by atoms with van der Waals surface area (Å²) in [6.45, 7) is 0.600. The third kappa shape index (κ3) is 10.4. The van der Waals surface area contributed by atoms with E-state index in [0.29, 0.717) is 6.61 Å². The van der Waals surface area contributed by atoms with Gasteiger partial charge in [-0.2, -0.15) is 0 Å². The molecule has 0 amide bonds. The fraction of sp³-hybridized carbons (Fsp3) is 1.00. The quantitative estimate of drug-likeness (QED) is 0.457. The Labute approximate surface area is 73.3 Å². The van der Waals surface area contributed by atoms with Crippen molar-refractivity contribution in [3.05, 3.63) is 0 Å². The standard InChI is InChI=1S/C6H13O2.H2O.O.Ti/c7-5-3-1-2-4-6-8;;;/h7H,1-6H2;1H2;;/q-1;;;+2/p-1. The Bertz CT molecular complexity index is 107. The molecule has 0 aliphatic carbocycles. The second-order valence-corrected chi connectivity index (χ2v) is 3.53. The van der Waals surface area contributed by atoms with Crippen LogP contribution in [0.15, 0.2) is 0 Å². The summed E-state index contributed by atoms with van der Waals surface area (Å²) in [6.07, 6.45) is 3.52. The molecule has 0 fully saturated rings. The van der Waals surface area contributed by atoms with Gasteiger partial charge in [-0.05, 0) is 0 Å². The van der Waals surface area contributed by atoms with Crippen LogP contribution >= 0.6 is 0 Å². The molecule has 0 aliphatic heterocycles. The fourth-order valence-electron chi connectivity index (χ4n) is 0.727. The van der Waals surface area contributed by atoms with E-state index in [1.165, 1.54) is 0 Å². The monoisotopic (exact) mass is 198 g/mol. The van der Waals surface area contributed by atoms with Gasteiger partial charge in [-0.15, -0.1) is 0 Å². The molecular weight excluding hydrogens is 184 g/mol. The summed E-state index contributed by atoms with van der Waals surface area (Å²) < 4.78 is 22.9. The van der Waals surface area contributed by atoms with Gasteiger partial charge in [0.25, 0.3) is 0 Å². The summed E-state index contributed by atoms with van der Waals surface area (Å²) in [7, 11) is 0. The Balaban J connectivity index is 2.85. The average Bonchev–Trinajstić information content (AvgIpc) is 1.96. The van der Waals surface area contributed by atoms with Gasteiger partial charge >= 0.3 is 73.0 Å². The Kier molecular flexibility index (Phi) is 8.79. The second kappa shape index (κ2) is 8.49.